The predicted molar refractivity (Wildman–Crippen MR) is 123 cm³/mol. The van der Waals surface area contributed by atoms with E-state index in [9.17, 15) is 19.7 Å². The Morgan fingerprint density at radius 3 is 2.38 bits per heavy atom. The third-order valence-electron chi connectivity index (χ3n) is 5.25. The van der Waals surface area contributed by atoms with E-state index >= 15 is 0 Å². The zero-order valence-electron chi connectivity index (χ0n) is 18.3. The highest BCUT2D eigenvalue weighted by Crippen LogP contribution is 2.35. The summed E-state index contributed by atoms with van der Waals surface area (Å²) in [5.41, 5.74) is 1.33. The van der Waals surface area contributed by atoms with Gasteiger partial charge in [-0.3, -0.25) is 29.6 Å². The van der Waals surface area contributed by atoms with Gasteiger partial charge in [-0.15, -0.1) is 0 Å². The zero-order valence-corrected chi connectivity index (χ0v) is 18.3. The smallest absolute Gasteiger partial charge is 0.278 e. The number of rotatable bonds is 8. The molecular weight excluding hydrogens is 440 g/mol. The van der Waals surface area contributed by atoms with Gasteiger partial charge in [-0.05, 0) is 42.0 Å². The number of amides is 2. The second kappa shape index (κ2) is 9.41. The molecule has 0 unspecified atom stereocenters. The molecule has 2 aromatic carbocycles. The molecule has 3 aromatic rings. The van der Waals surface area contributed by atoms with Crippen LogP contribution < -0.4 is 14.8 Å². The number of methoxy groups -OCH3 is 2. The van der Waals surface area contributed by atoms with Crippen LogP contribution in [-0.4, -0.2) is 40.8 Å². The number of hydrogen-bond acceptors (Lipinski definition) is 8. The lowest BCUT2D eigenvalue weighted by Gasteiger charge is -2.15. The van der Waals surface area contributed by atoms with E-state index in [1.54, 1.807) is 42.6 Å². The fourth-order valence-corrected chi connectivity index (χ4v) is 3.54. The van der Waals surface area contributed by atoms with Crippen molar-refractivity contribution in [3.05, 3.63) is 93.9 Å². The van der Waals surface area contributed by atoms with Gasteiger partial charge in [-0.1, -0.05) is 6.07 Å². The quantitative estimate of drug-likeness (QED) is 0.308. The monoisotopic (exact) mass is 460 g/mol. The molecule has 1 N–H and O–H groups in total. The van der Waals surface area contributed by atoms with E-state index in [4.69, 9.17) is 9.47 Å². The molecule has 0 aliphatic carbocycles. The molecular formula is C24H20N4O6. The van der Waals surface area contributed by atoms with Crippen LogP contribution in [0.15, 0.2) is 72.6 Å². The van der Waals surface area contributed by atoms with E-state index in [-0.39, 0.29) is 23.5 Å². The summed E-state index contributed by atoms with van der Waals surface area (Å²) in [6, 6.07) is 15.7. The van der Waals surface area contributed by atoms with Gasteiger partial charge in [0, 0.05) is 24.4 Å². The van der Waals surface area contributed by atoms with Gasteiger partial charge in [-0.2, -0.15) is 0 Å². The molecule has 1 aromatic heterocycles. The molecule has 1 aliphatic heterocycles. The number of non-ortho nitro benzene ring substituents is 1. The summed E-state index contributed by atoms with van der Waals surface area (Å²) in [5.74, 6) is -0.141. The van der Waals surface area contributed by atoms with Gasteiger partial charge in [0.15, 0.2) is 0 Å². The number of ether oxygens (including phenoxy) is 2. The number of carbonyl (C=O) groups excluding carboxylic acids is 2. The molecule has 0 spiro atoms. The Morgan fingerprint density at radius 1 is 1.00 bits per heavy atom. The van der Waals surface area contributed by atoms with Gasteiger partial charge in [0.2, 0.25) is 0 Å². The second-order valence-corrected chi connectivity index (χ2v) is 7.26. The lowest BCUT2D eigenvalue weighted by molar-refractivity contribution is -0.384. The standard InChI is InChI=1S/C24H20N4O6/c1-33-18-10-11-19(20(13-18)34-2)26-22-21(15-6-8-17(9-7-15)28(31)32)23(29)27(24(22)30)14-16-5-3-4-12-25-16/h3-13,26H,14H2,1-2H3. The minimum absolute atomic E-state index is 0.0262. The highest BCUT2D eigenvalue weighted by molar-refractivity contribution is 6.36. The number of imide groups is 1. The lowest BCUT2D eigenvalue weighted by Crippen LogP contribution is -2.32. The molecule has 0 saturated heterocycles. The van der Waals surface area contributed by atoms with Crippen molar-refractivity contribution < 1.29 is 24.0 Å². The van der Waals surface area contributed by atoms with Crippen LogP contribution in [0.4, 0.5) is 11.4 Å². The van der Waals surface area contributed by atoms with Crippen molar-refractivity contribution in [1.29, 1.82) is 0 Å². The molecule has 4 rings (SSSR count). The van der Waals surface area contributed by atoms with E-state index in [0.29, 0.717) is 28.4 Å². The molecule has 0 atom stereocenters. The second-order valence-electron chi connectivity index (χ2n) is 7.26. The minimum atomic E-state index is -0.554. The van der Waals surface area contributed by atoms with E-state index in [0.717, 1.165) is 4.90 Å². The van der Waals surface area contributed by atoms with Crippen LogP contribution in [0.2, 0.25) is 0 Å². The number of pyridine rings is 1. The third-order valence-corrected chi connectivity index (χ3v) is 5.25. The normalized spacial score (nSPS) is 13.3. The molecule has 0 saturated carbocycles. The summed E-state index contributed by atoms with van der Waals surface area (Å²) in [7, 11) is 2.99. The first-order valence-corrected chi connectivity index (χ1v) is 10.2. The summed E-state index contributed by atoms with van der Waals surface area (Å²) in [5, 5.41) is 14.1. The Hall–Kier alpha value is -4.73. The average Bonchev–Trinajstić information content (AvgIpc) is 3.09. The van der Waals surface area contributed by atoms with Crippen molar-refractivity contribution >= 4 is 28.8 Å². The number of nitrogens with one attached hydrogen (secondary N) is 1. The summed E-state index contributed by atoms with van der Waals surface area (Å²) < 4.78 is 10.6. The van der Waals surface area contributed by atoms with Crippen LogP contribution in [-0.2, 0) is 16.1 Å². The predicted octanol–water partition coefficient (Wildman–Crippen LogP) is 3.40. The minimum Gasteiger partial charge on any atom is -0.497 e. The van der Waals surface area contributed by atoms with Crippen LogP contribution in [0.3, 0.4) is 0 Å². The van der Waals surface area contributed by atoms with E-state index in [2.05, 4.69) is 10.3 Å². The fourth-order valence-electron chi connectivity index (χ4n) is 3.54. The fraction of sp³-hybridized carbons (Fsp3) is 0.125. The first-order valence-electron chi connectivity index (χ1n) is 10.2. The van der Waals surface area contributed by atoms with E-state index in [1.807, 2.05) is 0 Å². The molecule has 2 amide bonds. The number of anilines is 1. The number of nitrogens with zero attached hydrogens (tertiary/aromatic N) is 3. The molecule has 10 nitrogen and oxygen atoms in total. The van der Waals surface area contributed by atoms with E-state index in [1.165, 1.54) is 38.5 Å². The molecule has 1 aliphatic rings. The van der Waals surface area contributed by atoms with Gasteiger partial charge >= 0.3 is 0 Å². The molecule has 10 heteroatoms. The summed E-state index contributed by atoms with van der Waals surface area (Å²) in [6.07, 6.45) is 1.58. The number of aromatic nitrogens is 1. The van der Waals surface area contributed by atoms with Crippen LogP contribution in [0, 0.1) is 10.1 Å². The molecule has 34 heavy (non-hydrogen) atoms. The Bertz CT molecular complexity index is 1290. The number of nitro benzene ring substituents is 1. The van der Waals surface area contributed by atoms with Crippen LogP contribution >= 0.6 is 0 Å². The van der Waals surface area contributed by atoms with Crippen molar-refractivity contribution in [3.8, 4) is 11.5 Å². The maximum absolute atomic E-state index is 13.4. The van der Waals surface area contributed by atoms with Gasteiger partial charge in [-0.25, -0.2) is 0 Å². The highest BCUT2D eigenvalue weighted by atomic mass is 16.6. The Morgan fingerprint density at radius 2 is 1.76 bits per heavy atom. The third kappa shape index (κ3) is 4.29. The van der Waals surface area contributed by atoms with Gasteiger partial charge in [0.05, 0.1) is 42.6 Å². The van der Waals surface area contributed by atoms with Crippen LogP contribution in [0.25, 0.3) is 5.57 Å². The van der Waals surface area contributed by atoms with E-state index < -0.39 is 16.7 Å². The Labute approximate surface area is 194 Å². The first-order chi connectivity index (χ1) is 16.4. The number of benzene rings is 2. The van der Waals surface area contributed by atoms with Crippen LogP contribution in [0.1, 0.15) is 11.3 Å². The Kier molecular flexibility index (Phi) is 6.22. The van der Waals surface area contributed by atoms with Crippen molar-refractivity contribution in [2.75, 3.05) is 19.5 Å². The maximum atomic E-state index is 13.4. The molecule has 0 radical (unpaired) electrons. The lowest BCUT2D eigenvalue weighted by atomic mass is 10.0. The Balaban J connectivity index is 1.77. The summed E-state index contributed by atoms with van der Waals surface area (Å²) in [6.45, 7) is -0.0279. The number of nitro groups is 1. The molecule has 0 fully saturated rings. The van der Waals surface area contributed by atoms with Crippen LogP contribution in [0.5, 0.6) is 11.5 Å². The van der Waals surface area contributed by atoms with Gasteiger partial charge in [0.25, 0.3) is 17.5 Å². The highest BCUT2D eigenvalue weighted by Gasteiger charge is 2.39. The maximum Gasteiger partial charge on any atom is 0.278 e. The zero-order chi connectivity index (χ0) is 24.2. The summed E-state index contributed by atoms with van der Waals surface area (Å²) in [4.78, 5) is 42.6. The molecule has 0 bridgehead atoms. The first kappa shape index (κ1) is 22.5. The van der Waals surface area contributed by atoms with Crippen molar-refractivity contribution in [2.24, 2.45) is 0 Å². The number of carbonyl (C=O) groups is 2. The SMILES string of the molecule is COc1ccc(NC2=C(c3ccc([N+](=O)[O-])cc3)C(=O)N(Cc3ccccn3)C2=O)c(OC)c1. The average molecular weight is 460 g/mol. The molecule has 172 valence electrons. The summed E-state index contributed by atoms with van der Waals surface area (Å²) >= 11 is 0. The molecule has 2 heterocycles. The largest absolute Gasteiger partial charge is 0.497 e. The van der Waals surface area contributed by atoms with Crippen molar-refractivity contribution in [2.45, 2.75) is 6.54 Å². The van der Waals surface area contributed by atoms with Crippen molar-refractivity contribution in [1.82, 2.24) is 9.88 Å². The van der Waals surface area contributed by atoms with Gasteiger partial charge in [0.1, 0.15) is 17.2 Å². The van der Waals surface area contributed by atoms with Gasteiger partial charge < -0.3 is 14.8 Å². The van der Waals surface area contributed by atoms with Crippen molar-refractivity contribution in [3.63, 3.8) is 0 Å². The topological polar surface area (TPSA) is 124 Å². The number of hydrogen-bond donors (Lipinski definition) is 1.